The molecule has 0 amide bonds. The molecule has 3 aromatic rings. The third kappa shape index (κ3) is 3.80. The smallest absolute Gasteiger partial charge is 0.309 e. The van der Waals surface area contributed by atoms with Gasteiger partial charge >= 0.3 is 5.97 Å². The summed E-state index contributed by atoms with van der Waals surface area (Å²) in [6, 6.07) is 11.4. The molecule has 5 nitrogen and oxygen atoms in total. The summed E-state index contributed by atoms with van der Waals surface area (Å²) in [6.45, 7) is 0.958. The maximum atomic E-state index is 12.6. The molecule has 142 valence electrons. The molecule has 0 bridgehead atoms. The summed E-state index contributed by atoms with van der Waals surface area (Å²) in [6.07, 6.45) is 0.988. The molecule has 0 radical (unpaired) electrons. The second-order valence-electron chi connectivity index (χ2n) is 6.48. The molecule has 4 rings (SSSR count). The van der Waals surface area contributed by atoms with Crippen molar-refractivity contribution >= 4 is 48.8 Å². The van der Waals surface area contributed by atoms with Crippen LogP contribution in [0, 0.1) is 5.92 Å². The zero-order valence-electron chi connectivity index (χ0n) is 14.5. The van der Waals surface area contributed by atoms with E-state index in [-0.39, 0.29) is 18.5 Å². The first-order valence-electron chi connectivity index (χ1n) is 8.71. The molecule has 27 heavy (non-hydrogen) atoms. The highest BCUT2D eigenvalue weighted by Crippen LogP contribution is 2.29. The molecule has 1 saturated heterocycles. The fourth-order valence-corrected chi connectivity index (χ4v) is 6.84. The van der Waals surface area contributed by atoms with E-state index in [0.717, 1.165) is 10.9 Å². The van der Waals surface area contributed by atoms with Crippen LogP contribution in [0.1, 0.15) is 18.4 Å². The summed E-state index contributed by atoms with van der Waals surface area (Å²) in [5.74, 6) is -0.483. The molecule has 1 aliphatic rings. The van der Waals surface area contributed by atoms with Crippen molar-refractivity contribution in [2.24, 2.45) is 5.92 Å². The number of hydrogen-bond donors (Lipinski definition) is 0. The van der Waals surface area contributed by atoms with Crippen molar-refractivity contribution in [2.45, 2.75) is 23.7 Å². The van der Waals surface area contributed by atoms with Crippen molar-refractivity contribution in [1.29, 1.82) is 0 Å². The van der Waals surface area contributed by atoms with Gasteiger partial charge in [-0.1, -0.05) is 24.3 Å². The Labute approximate surface area is 166 Å². The largest absolute Gasteiger partial charge is 0.461 e. The highest BCUT2D eigenvalue weighted by atomic mass is 32.2. The van der Waals surface area contributed by atoms with Crippen LogP contribution in [-0.4, -0.2) is 31.8 Å². The quantitative estimate of drug-likeness (QED) is 0.582. The Kier molecular flexibility index (Phi) is 5.32. The molecule has 0 spiro atoms. The first-order valence-corrected chi connectivity index (χ1v) is 11.9. The van der Waals surface area contributed by atoms with E-state index in [1.165, 1.54) is 20.3 Å². The lowest BCUT2D eigenvalue weighted by Crippen LogP contribution is -2.40. The minimum absolute atomic E-state index is 0.238. The van der Waals surface area contributed by atoms with Crippen molar-refractivity contribution in [3.63, 3.8) is 0 Å². The van der Waals surface area contributed by atoms with Crippen molar-refractivity contribution < 1.29 is 17.9 Å². The topological polar surface area (TPSA) is 63.7 Å². The number of carbonyl (C=O) groups excluding carboxylic acids is 1. The second kappa shape index (κ2) is 7.71. The van der Waals surface area contributed by atoms with Crippen molar-refractivity contribution in [2.75, 3.05) is 13.1 Å². The Balaban J connectivity index is 1.34. The predicted octanol–water partition coefficient (Wildman–Crippen LogP) is 4.11. The molecular weight excluding hydrogens is 402 g/mol. The zero-order chi connectivity index (χ0) is 18.9. The lowest BCUT2D eigenvalue weighted by molar-refractivity contribution is -0.151. The second-order valence-corrected chi connectivity index (χ2v) is 10.5. The van der Waals surface area contributed by atoms with Gasteiger partial charge in [-0.05, 0) is 41.1 Å². The van der Waals surface area contributed by atoms with E-state index in [1.807, 2.05) is 23.6 Å². The molecule has 0 unspecified atom stereocenters. The van der Waals surface area contributed by atoms with Gasteiger partial charge < -0.3 is 4.74 Å². The number of rotatable bonds is 5. The van der Waals surface area contributed by atoms with Crippen LogP contribution in [0.15, 0.2) is 51.4 Å². The van der Waals surface area contributed by atoms with Crippen molar-refractivity contribution in [1.82, 2.24) is 4.31 Å². The maximum Gasteiger partial charge on any atom is 0.309 e. The maximum absolute atomic E-state index is 12.6. The Bertz CT molecular complexity index is 1030. The Morgan fingerprint density at radius 1 is 1.11 bits per heavy atom. The lowest BCUT2D eigenvalue weighted by Gasteiger charge is -2.29. The Morgan fingerprint density at radius 2 is 1.89 bits per heavy atom. The van der Waals surface area contributed by atoms with Gasteiger partial charge in [0.25, 0.3) is 10.0 Å². The van der Waals surface area contributed by atoms with Crippen LogP contribution < -0.4 is 0 Å². The summed E-state index contributed by atoms with van der Waals surface area (Å²) in [4.78, 5) is 12.4. The number of sulfonamides is 1. The van der Waals surface area contributed by atoms with E-state index >= 15 is 0 Å². The van der Waals surface area contributed by atoms with Crippen LogP contribution in [0.5, 0.6) is 0 Å². The molecular formula is C19H19NO4S3. The molecule has 0 atom stereocenters. The SMILES string of the molecule is O=C(OCc1csc2ccccc12)C1CCN(S(=O)(=O)c2cccs2)CC1. The van der Waals surface area contributed by atoms with Crippen LogP contribution in [0.4, 0.5) is 0 Å². The molecule has 0 aliphatic carbocycles. The average Bonchev–Trinajstić information content (AvgIpc) is 3.37. The third-order valence-corrected chi connectivity index (χ3v) is 9.09. The number of esters is 1. The Hall–Kier alpha value is -1.74. The molecule has 1 aliphatic heterocycles. The number of hydrogen-bond acceptors (Lipinski definition) is 6. The highest BCUT2D eigenvalue weighted by molar-refractivity contribution is 7.91. The molecule has 0 saturated carbocycles. The van der Waals surface area contributed by atoms with Crippen molar-refractivity contribution in [3.8, 4) is 0 Å². The Morgan fingerprint density at radius 3 is 2.63 bits per heavy atom. The fraction of sp³-hybridized carbons (Fsp3) is 0.316. The molecule has 8 heteroatoms. The average molecular weight is 422 g/mol. The number of piperidine rings is 1. The summed E-state index contributed by atoms with van der Waals surface area (Å²) < 4.78 is 33.6. The van der Waals surface area contributed by atoms with E-state index in [0.29, 0.717) is 30.1 Å². The number of nitrogens with zero attached hydrogens (tertiary/aromatic N) is 1. The normalized spacial score (nSPS) is 16.6. The number of carbonyl (C=O) groups is 1. The van der Waals surface area contributed by atoms with Gasteiger partial charge in [0, 0.05) is 23.4 Å². The van der Waals surface area contributed by atoms with E-state index < -0.39 is 10.0 Å². The predicted molar refractivity (Wildman–Crippen MR) is 107 cm³/mol. The lowest BCUT2D eigenvalue weighted by atomic mass is 9.98. The fourth-order valence-electron chi connectivity index (χ4n) is 3.28. The van der Waals surface area contributed by atoms with Gasteiger partial charge in [-0.3, -0.25) is 4.79 Å². The van der Waals surface area contributed by atoms with E-state index in [9.17, 15) is 13.2 Å². The first kappa shape index (κ1) is 18.6. The summed E-state index contributed by atoms with van der Waals surface area (Å²) >= 11 is 2.86. The molecule has 3 heterocycles. The molecule has 0 N–H and O–H groups in total. The number of ether oxygens (including phenoxy) is 1. The monoisotopic (exact) mass is 421 g/mol. The van der Waals surface area contributed by atoms with Crippen LogP contribution >= 0.6 is 22.7 Å². The van der Waals surface area contributed by atoms with Crippen LogP contribution in [-0.2, 0) is 26.2 Å². The number of benzene rings is 1. The van der Waals surface area contributed by atoms with Crippen LogP contribution in [0.25, 0.3) is 10.1 Å². The first-order chi connectivity index (χ1) is 13.1. The van der Waals surface area contributed by atoms with Gasteiger partial charge in [-0.25, -0.2) is 8.42 Å². The number of thiophene rings is 2. The van der Waals surface area contributed by atoms with Gasteiger partial charge in [-0.15, -0.1) is 22.7 Å². The summed E-state index contributed by atoms with van der Waals surface area (Å²) in [5.41, 5.74) is 1.02. The third-order valence-electron chi connectivity index (χ3n) is 4.81. The molecule has 1 aromatic carbocycles. The molecule has 1 fully saturated rings. The molecule has 2 aromatic heterocycles. The van der Waals surface area contributed by atoms with Gasteiger partial charge in [-0.2, -0.15) is 4.31 Å². The number of fused-ring (bicyclic) bond motifs is 1. The van der Waals surface area contributed by atoms with E-state index in [1.54, 1.807) is 28.8 Å². The van der Waals surface area contributed by atoms with Gasteiger partial charge in [0.05, 0.1) is 5.92 Å². The van der Waals surface area contributed by atoms with E-state index in [2.05, 4.69) is 6.07 Å². The zero-order valence-corrected chi connectivity index (χ0v) is 17.0. The van der Waals surface area contributed by atoms with Crippen LogP contribution in [0.3, 0.4) is 0 Å². The van der Waals surface area contributed by atoms with Gasteiger partial charge in [0.2, 0.25) is 0 Å². The highest BCUT2D eigenvalue weighted by Gasteiger charge is 2.33. The minimum Gasteiger partial charge on any atom is -0.461 e. The van der Waals surface area contributed by atoms with Crippen LogP contribution in [0.2, 0.25) is 0 Å². The van der Waals surface area contributed by atoms with Gasteiger partial charge in [0.1, 0.15) is 10.8 Å². The van der Waals surface area contributed by atoms with Crippen molar-refractivity contribution in [3.05, 3.63) is 52.7 Å². The summed E-state index contributed by atoms with van der Waals surface area (Å²) in [7, 11) is -3.44. The standard InChI is InChI=1S/C19H19NO4S3/c21-19(24-12-15-13-26-17-5-2-1-4-16(15)17)14-7-9-20(10-8-14)27(22,23)18-6-3-11-25-18/h1-6,11,13-14H,7-10,12H2. The van der Waals surface area contributed by atoms with Gasteiger partial charge in [0.15, 0.2) is 0 Å². The summed E-state index contributed by atoms with van der Waals surface area (Å²) in [5, 5.41) is 4.89. The minimum atomic E-state index is -3.44. The van der Waals surface area contributed by atoms with E-state index in [4.69, 9.17) is 4.74 Å².